The van der Waals surface area contributed by atoms with Gasteiger partial charge in [-0.1, -0.05) is 24.3 Å². The van der Waals surface area contributed by atoms with Gasteiger partial charge in [-0.3, -0.25) is 14.9 Å². The summed E-state index contributed by atoms with van der Waals surface area (Å²) in [5.41, 5.74) is -0.457. The fourth-order valence-electron chi connectivity index (χ4n) is 5.98. The number of carboxylic acids is 1. The first kappa shape index (κ1) is 19.2. The Bertz CT molecular complexity index is 1010. The third-order valence-corrected chi connectivity index (χ3v) is 7.28. The maximum absolute atomic E-state index is 13.1. The highest BCUT2D eigenvalue weighted by atomic mass is 19.1. The second-order valence-corrected chi connectivity index (χ2v) is 8.62. The van der Waals surface area contributed by atoms with Crippen molar-refractivity contribution in [2.24, 2.45) is 23.2 Å². The molecule has 2 aromatic rings. The number of aliphatic carboxylic acids is 1. The van der Waals surface area contributed by atoms with E-state index in [-0.39, 0.29) is 48.5 Å². The van der Waals surface area contributed by atoms with Gasteiger partial charge in [-0.05, 0) is 60.1 Å². The van der Waals surface area contributed by atoms with Crippen molar-refractivity contribution in [1.29, 1.82) is 0 Å². The summed E-state index contributed by atoms with van der Waals surface area (Å²) in [7, 11) is 0. The molecule has 0 aliphatic heterocycles. The second kappa shape index (κ2) is 6.60. The molecular formula is C23H21F2NO4. The van der Waals surface area contributed by atoms with Crippen molar-refractivity contribution in [2.75, 3.05) is 0 Å². The van der Waals surface area contributed by atoms with Gasteiger partial charge in [-0.2, -0.15) is 0 Å². The number of ether oxygens (including phenoxy) is 1. The summed E-state index contributed by atoms with van der Waals surface area (Å²) in [6.07, 6.45) is 1.17. The molecular weight excluding hydrogens is 392 g/mol. The lowest BCUT2D eigenvalue weighted by Crippen LogP contribution is -2.55. The highest BCUT2D eigenvalue weighted by Gasteiger charge is 2.89. The largest absolute Gasteiger partial charge is 0.480 e. The van der Waals surface area contributed by atoms with Crippen LogP contribution in [0.4, 0.5) is 8.78 Å². The van der Waals surface area contributed by atoms with Gasteiger partial charge in [-0.25, -0.2) is 8.78 Å². The predicted molar refractivity (Wildman–Crippen MR) is 102 cm³/mol. The minimum atomic E-state index is -1.17. The molecule has 30 heavy (non-hydrogen) atoms. The van der Waals surface area contributed by atoms with Crippen LogP contribution in [0, 0.1) is 34.8 Å². The molecule has 2 aromatic carbocycles. The molecule has 156 valence electrons. The lowest BCUT2D eigenvalue weighted by Gasteiger charge is -2.30. The normalized spacial score (nSPS) is 32.8. The van der Waals surface area contributed by atoms with Crippen LogP contribution in [0.1, 0.15) is 24.0 Å². The summed E-state index contributed by atoms with van der Waals surface area (Å²) in [5, 5.41) is 13.3. The highest BCUT2D eigenvalue weighted by Crippen LogP contribution is 2.82. The average molecular weight is 413 g/mol. The predicted octanol–water partition coefficient (Wildman–Crippen LogP) is 3.28. The van der Waals surface area contributed by atoms with Crippen molar-refractivity contribution in [3.8, 4) is 0 Å². The molecule has 7 heteroatoms. The second-order valence-electron chi connectivity index (χ2n) is 8.62. The van der Waals surface area contributed by atoms with Gasteiger partial charge in [-0.15, -0.1) is 0 Å². The van der Waals surface area contributed by atoms with Crippen molar-refractivity contribution in [3.05, 3.63) is 71.3 Å². The number of nitrogens with one attached hydrogen (secondary N) is 1. The molecule has 0 amide bonds. The number of hydrogen-bond acceptors (Lipinski definition) is 4. The minimum Gasteiger partial charge on any atom is -0.480 e. The summed E-state index contributed by atoms with van der Waals surface area (Å²) in [6, 6.07) is 11.7. The molecule has 4 aliphatic carbocycles. The van der Waals surface area contributed by atoms with E-state index >= 15 is 0 Å². The molecule has 5 atom stereocenters. The smallest absolute Gasteiger partial charge is 0.324 e. The van der Waals surface area contributed by atoms with E-state index in [1.165, 1.54) is 24.3 Å². The van der Waals surface area contributed by atoms with Crippen LogP contribution < -0.4 is 5.32 Å². The van der Waals surface area contributed by atoms with Crippen molar-refractivity contribution in [2.45, 2.75) is 31.5 Å². The zero-order valence-corrected chi connectivity index (χ0v) is 16.1. The summed E-state index contributed by atoms with van der Waals surface area (Å²) in [4.78, 5) is 25.3. The van der Waals surface area contributed by atoms with Crippen molar-refractivity contribution in [3.63, 3.8) is 0 Å². The molecule has 5 nitrogen and oxygen atoms in total. The molecule has 2 N–H and O–H groups in total. The first-order valence-electron chi connectivity index (χ1n) is 10.0. The van der Waals surface area contributed by atoms with Gasteiger partial charge >= 0.3 is 11.9 Å². The molecule has 4 aliphatic rings. The number of esters is 1. The first-order valence-corrected chi connectivity index (χ1v) is 10.0. The standard InChI is InChI=1S/C23H21F2NO4/c24-16-5-1-13(2-6-16)11-26-23(20(27)28)15-9-18-19(23)22(18,10-15)21(29)30-12-14-3-7-17(25)8-4-14/h1-8,15,18-19,26H,9-12H2,(H,27,28)/t15-,18-,19-,22+,23+/m1/s1. The Morgan fingerprint density at radius 2 is 1.63 bits per heavy atom. The van der Waals surface area contributed by atoms with Gasteiger partial charge < -0.3 is 9.84 Å². The molecule has 0 aromatic heterocycles. The monoisotopic (exact) mass is 413 g/mol. The van der Waals surface area contributed by atoms with E-state index in [0.717, 1.165) is 5.56 Å². The van der Waals surface area contributed by atoms with Gasteiger partial charge in [0.2, 0.25) is 0 Å². The Balaban J connectivity index is 1.31. The van der Waals surface area contributed by atoms with Gasteiger partial charge in [0.25, 0.3) is 0 Å². The minimum absolute atomic E-state index is 0.0000330. The van der Waals surface area contributed by atoms with Crippen LogP contribution in [0.3, 0.4) is 0 Å². The topological polar surface area (TPSA) is 75.6 Å². The molecule has 4 fully saturated rings. The zero-order chi connectivity index (χ0) is 21.1. The maximum atomic E-state index is 13.1. The third-order valence-electron chi connectivity index (χ3n) is 7.28. The molecule has 6 rings (SSSR count). The number of benzene rings is 2. The summed E-state index contributed by atoms with van der Waals surface area (Å²) in [5.74, 6) is -2.48. The highest BCUT2D eigenvalue weighted by molar-refractivity contribution is 5.91. The van der Waals surface area contributed by atoms with E-state index in [9.17, 15) is 23.5 Å². The number of halogens is 2. The number of carbonyl (C=O) groups is 2. The lowest BCUT2D eigenvalue weighted by atomic mass is 9.88. The summed E-state index contributed by atoms with van der Waals surface area (Å²) < 4.78 is 31.7. The molecule has 0 saturated heterocycles. The molecule has 0 heterocycles. The van der Waals surface area contributed by atoms with Crippen molar-refractivity contribution in [1.82, 2.24) is 5.32 Å². The molecule has 0 unspecified atom stereocenters. The SMILES string of the molecule is O=C(OCc1ccc(F)cc1)[C@@]12C[C@H]3C[C@@H]1[C@H]2[C@]3(NCc1ccc(F)cc1)C(=O)O. The van der Waals surface area contributed by atoms with Gasteiger partial charge in [0.1, 0.15) is 23.8 Å². The molecule has 4 bridgehead atoms. The number of rotatable bonds is 7. The van der Waals surface area contributed by atoms with Crippen LogP contribution in [-0.2, 0) is 27.5 Å². The Morgan fingerprint density at radius 3 is 2.20 bits per heavy atom. The summed E-state index contributed by atoms with van der Waals surface area (Å²) >= 11 is 0. The fourth-order valence-corrected chi connectivity index (χ4v) is 5.98. The van der Waals surface area contributed by atoms with Crippen LogP contribution in [0.15, 0.2) is 48.5 Å². The Labute approximate surface area is 172 Å². The van der Waals surface area contributed by atoms with Crippen LogP contribution in [0.2, 0.25) is 0 Å². The molecule has 4 saturated carbocycles. The number of hydrogen-bond donors (Lipinski definition) is 2. The lowest BCUT2D eigenvalue weighted by molar-refractivity contribution is -0.152. The Morgan fingerprint density at radius 1 is 1.03 bits per heavy atom. The van der Waals surface area contributed by atoms with Gasteiger partial charge in [0.15, 0.2) is 0 Å². The van der Waals surface area contributed by atoms with E-state index in [2.05, 4.69) is 5.32 Å². The third kappa shape index (κ3) is 2.61. The van der Waals surface area contributed by atoms with Crippen LogP contribution in [0.5, 0.6) is 0 Å². The number of carbonyl (C=O) groups excluding carboxylic acids is 1. The summed E-state index contributed by atoms with van der Waals surface area (Å²) in [6.45, 7) is 0.320. The quantitative estimate of drug-likeness (QED) is 0.682. The first-order chi connectivity index (χ1) is 14.4. The molecule has 0 spiro atoms. The molecule has 0 radical (unpaired) electrons. The zero-order valence-electron chi connectivity index (χ0n) is 16.1. The van der Waals surface area contributed by atoms with E-state index in [0.29, 0.717) is 18.4 Å². The number of carboxylic acid groups (broad SMARTS) is 1. The van der Waals surface area contributed by atoms with Gasteiger partial charge in [0.05, 0.1) is 5.41 Å². The Kier molecular flexibility index (Phi) is 4.22. The van der Waals surface area contributed by atoms with Crippen molar-refractivity contribution < 1.29 is 28.2 Å². The van der Waals surface area contributed by atoms with Crippen molar-refractivity contribution >= 4 is 11.9 Å². The van der Waals surface area contributed by atoms with E-state index < -0.39 is 16.9 Å². The fraction of sp³-hybridized carbons (Fsp3) is 0.391. The van der Waals surface area contributed by atoms with Crippen LogP contribution >= 0.6 is 0 Å². The van der Waals surface area contributed by atoms with E-state index in [1.807, 2.05) is 0 Å². The average Bonchev–Trinajstić information content (AvgIpc) is 3.02. The van der Waals surface area contributed by atoms with Crippen LogP contribution in [-0.4, -0.2) is 22.6 Å². The van der Waals surface area contributed by atoms with Gasteiger partial charge in [0, 0.05) is 12.5 Å². The maximum Gasteiger partial charge on any atom is 0.324 e. The Hall–Kier alpha value is -2.80. The van der Waals surface area contributed by atoms with E-state index in [1.54, 1.807) is 24.3 Å². The van der Waals surface area contributed by atoms with E-state index in [4.69, 9.17) is 4.74 Å². The van der Waals surface area contributed by atoms with Crippen LogP contribution in [0.25, 0.3) is 0 Å².